The number of ether oxygens (including phenoxy) is 4. The second kappa shape index (κ2) is 10.6. The number of esters is 3. The summed E-state index contributed by atoms with van der Waals surface area (Å²) in [6.45, 7) is -0.686. The second-order valence-electron chi connectivity index (χ2n) is 5.66. The Morgan fingerprint density at radius 3 is 2.04 bits per heavy atom. The molecule has 2 rings (SSSR count). The van der Waals surface area contributed by atoms with Crippen LogP contribution in [0.4, 0.5) is 0 Å². The van der Waals surface area contributed by atoms with Gasteiger partial charge in [0.15, 0.2) is 24.6 Å². The number of benzene rings is 1. The molecule has 0 unspecified atom stereocenters. The third kappa shape index (κ3) is 5.55. The summed E-state index contributed by atoms with van der Waals surface area (Å²) in [4.78, 5) is 35.7. The molecular weight excluding hydrogens is 419 g/mol. The highest BCUT2D eigenvalue weighted by Gasteiger charge is 2.51. The van der Waals surface area contributed by atoms with Gasteiger partial charge in [0, 0.05) is 0 Å². The number of aliphatic hydroxyl groups excluding tert-OH is 2. The lowest BCUT2D eigenvalue weighted by atomic mass is 9.98. The number of rotatable bonds is 7. The van der Waals surface area contributed by atoms with Crippen molar-refractivity contribution in [2.24, 2.45) is 0 Å². The van der Waals surface area contributed by atoms with Crippen molar-refractivity contribution >= 4 is 41.1 Å². The number of hydrogen-bond acceptors (Lipinski definition) is 9. The number of halogens is 2. The van der Waals surface area contributed by atoms with Crippen molar-refractivity contribution in [2.45, 2.75) is 30.7 Å². The number of carbonyl (C=O) groups is 3. The molecule has 11 heteroatoms. The van der Waals surface area contributed by atoms with Crippen LogP contribution in [0.1, 0.15) is 10.4 Å². The van der Waals surface area contributed by atoms with Gasteiger partial charge in [-0.05, 0) is 12.1 Å². The minimum absolute atomic E-state index is 0.182. The van der Waals surface area contributed by atoms with Crippen LogP contribution in [0.2, 0.25) is 0 Å². The molecule has 9 nitrogen and oxygen atoms in total. The van der Waals surface area contributed by atoms with Gasteiger partial charge in [-0.15, -0.1) is 23.2 Å². The molecule has 0 aliphatic carbocycles. The van der Waals surface area contributed by atoms with Crippen LogP contribution in [0.25, 0.3) is 0 Å². The molecule has 0 aromatic heterocycles. The maximum Gasteiger partial charge on any atom is 0.338 e. The summed E-state index contributed by atoms with van der Waals surface area (Å²) in [5.74, 6) is -3.76. The molecule has 2 N–H and O–H groups in total. The first-order valence-corrected chi connectivity index (χ1v) is 9.19. The standard InChI is InChI=1S/C17H18Cl2O9/c18-6-11(21)26-14-13(28-16(23)9-4-2-1-3-5-9)10(8-20)25-17(24)15(14)27-12(22)7-19/h1-5,10,13-15,17,20,24H,6-8H2/t10-,13-,14+,15-,17+/m1/s1. The maximum absolute atomic E-state index is 12.4. The Labute approximate surface area is 170 Å². The van der Waals surface area contributed by atoms with E-state index in [1.807, 2.05) is 0 Å². The summed E-state index contributed by atoms with van der Waals surface area (Å²) < 4.78 is 20.6. The number of alkyl halides is 2. The summed E-state index contributed by atoms with van der Waals surface area (Å²) in [7, 11) is 0. The Morgan fingerprint density at radius 1 is 0.929 bits per heavy atom. The zero-order valence-electron chi connectivity index (χ0n) is 14.4. The van der Waals surface area contributed by atoms with E-state index in [-0.39, 0.29) is 5.56 Å². The minimum atomic E-state index is -1.77. The topological polar surface area (TPSA) is 129 Å². The molecule has 1 aliphatic rings. The van der Waals surface area contributed by atoms with Crippen molar-refractivity contribution in [3.8, 4) is 0 Å². The fourth-order valence-electron chi connectivity index (χ4n) is 2.58. The van der Waals surface area contributed by atoms with Gasteiger partial charge in [0.2, 0.25) is 0 Å². The highest BCUT2D eigenvalue weighted by atomic mass is 35.5. The smallest absolute Gasteiger partial charge is 0.338 e. The molecule has 0 amide bonds. The summed E-state index contributed by atoms with van der Waals surface area (Å²) >= 11 is 10.9. The van der Waals surface area contributed by atoms with E-state index in [1.54, 1.807) is 18.2 Å². The van der Waals surface area contributed by atoms with Gasteiger partial charge in [-0.1, -0.05) is 18.2 Å². The minimum Gasteiger partial charge on any atom is -0.453 e. The molecule has 0 spiro atoms. The quantitative estimate of drug-likeness (QED) is 0.350. The van der Waals surface area contributed by atoms with E-state index in [1.165, 1.54) is 12.1 Å². The van der Waals surface area contributed by atoms with Crippen LogP contribution in [-0.4, -0.2) is 77.2 Å². The summed E-state index contributed by atoms with van der Waals surface area (Å²) in [5, 5.41) is 19.7. The van der Waals surface area contributed by atoms with Gasteiger partial charge in [-0.2, -0.15) is 0 Å². The van der Waals surface area contributed by atoms with Crippen LogP contribution in [0.5, 0.6) is 0 Å². The average Bonchev–Trinajstić information content (AvgIpc) is 2.72. The Kier molecular flexibility index (Phi) is 8.46. The predicted molar refractivity (Wildman–Crippen MR) is 94.8 cm³/mol. The lowest BCUT2D eigenvalue weighted by Crippen LogP contribution is -2.62. The molecule has 1 aromatic rings. The molecule has 154 valence electrons. The molecule has 1 aliphatic heterocycles. The van der Waals surface area contributed by atoms with Crippen molar-refractivity contribution in [3.05, 3.63) is 35.9 Å². The van der Waals surface area contributed by atoms with E-state index in [2.05, 4.69) is 0 Å². The normalized spacial score (nSPS) is 26.9. The van der Waals surface area contributed by atoms with Crippen molar-refractivity contribution in [1.82, 2.24) is 0 Å². The predicted octanol–water partition coefficient (Wildman–Crippen LogP) is 0.223. The SMILES string of the molecule is O=C(CCl)O[C@@H]1[C@@H](OC(=O)CCl)[C@@H](O)O[C@H](CO)[C@H]1OC(=O)c1ccccc1. The number of aliphatic hydroxyl groups is 2. The van der Waals surface area contributed by atoms with Gasteiger partial charge in [0.05, 0.1) is 12.2 Å². The van der Waals surface area contributed by atoms with Gasteiger partial charge >= 0.3 is 17.9 Å². The van der Waals surface area contributed by atoms with Gasteiger partial charge < -0.3 is 29.2 Å². The van der Waals surface area contributed by atoms with Crippen molar-refractivity contribution in [2.75, 3.05) is 18.4 Å². The Balaban J connectivity index is 2.32. The highest BCUT2D eigenvalue weighted by molar-refractivity contribution is 6.26. The fraction of sp³-hybridized carbons (Fsp3) is 0.471. The summed E-state index contributed by atoms with van der Waals surface area (Å²) in [5.41, 5.74) is 0.182. The molecule has 28 heavy (non-hydrogen) atoms. The van der Waals surface area contributed by atoms with Crippen molar-refractivity contribution in [3.63, 3.8) is 0 Å². The van der Waals surface area contributed by atoms with E-state index in [4.69, 9.17) is 42.1 Å². The molecule has 1 heterocycles. The average molecular weight is 437 g/mol. The molecule has 0 saturated carbocycles. The van der Waals surface area contributed by atoms with Crippen LogP contribution >= 0.6 is 23.2 Å². The fourth-order valence-corrected chi connectivity index (χ4v) is 2.70. The van der Waals surface area contributed by atoms with Gasteiger partial charge in [-0.3, -0.25) is 9.59 Å². The lowest BCUT2D eigenvalue weighted by molar-refractivity contribution is -0.292. The number of hydrogen-bond donors (Lipinski definition) is 2. The van der Waals surface area contributed by atoms with Crippen molar-refractivity contribution < 1.29 is 43.5 Å². The van der Waals surface area contributed by atoms with Crippen molar-refractivity contribution in [1.29, 1.82) is 0 Å². The monoisotopic (exact) mass is 436 g/mol. The van der Waals surface area contributed by atoms with Gasteiger partial charge in [-0.25, -0.2) is 4.79 Å². The maximum atomic E-state index is 12.4. The van der Waals surface area contributed by atoms with Gasteiger partial charge in [0.1, 0.15) is 17.9 Å². The Morgan fingerprint density at radius 2 is 1.50 bits per heavy atom. The zero-order chi connectivity index (χ0) is 20.7. The summed E-state index contributed by atoms with van der Waals surface area (Å²) in [6, 6.07) is 7.88. The van der Waals surface area contributed by atoms with E-state index in [9.17, 15) is 24.6 Å². The lowest BCUT2D eigenvalue weighted by Gasteiger charge is -2.42. The van der Waals surface area contributed by atoms with Crippen LogP contribution in [-0.2, 0) is 28.5 Å². The van der Waals surface area contributed by atoms with Crippen LogP contribution < -0.4 is 0 Å². The van der Waals surface area contributed by atoms with Gasteiger partial charge in [0.25, 0.3) is 0 Å². The molecule has 0 radical (unpaired) electrons. The van der Waals surface area contributed by atoms with Crippen LogP contribution in [0, 0.1) is 0 Å². The Bertz CT molecular complexity index is 684. The third-order valence-electron chi connectivity index (χ3n) is 3.80. The first-order valence-electron chi connectivity index (χ1n) is 8.12. The molecule has 1 aromatic carbocycles. The third-order valence-corrected chi connectivity index (χ3v) is 4.23. The molecule has 5 atom stereocenters. The second-order valence-corrected chi connectivity index (χ2v) is 6.19. The van der Waals surface area contributed by atoms with Crippen LogP contribution in [0.3, 0.4) is 0 Å². The molecule has 0 bridgehead atoms. The largest absolute Gasteiger partial charge is 0.453 e. The first-order chi connectivity index (χ1) is 13.4. The summed E-state index contributed by atoms with van der Waals surface area (Å²) in [6.07, 6.45) is -7.49. The van der Waals surface area contributed by atoms with E-state index in [0.29, 0.717) is 0 Å². The Hall–Kier alpha value is -1.91. The van der Waals surface area contributed by atoms with Crippen LogP contribution in [0.15, 0.2) is 30.3 Å². The first kappa shape index (κ1) is 22.4. The zero-order valence-corrected chi connectivity index (χ0v) is 15.9. The highest BCUT2D eigenvalue weighted by Crippen LogP contribution is 2.28. The van der Waals surface area contributed by atoms with E-state index >= 15 is 0 Å². The van der Waals surface area contributed by atoms with E-state index in [0.717, 1.165) is 0 Å². The number of carbonyl (C=O) groups excluding carboxylic acids is 3. The molecule has 1 saturated heterocycles. The molecule has 1 fully saturated rings. The molecular formula is C17H18Cl2O9. The van der Waals surface area contributed by atoms with E-state index < -0.39 is 67.0 Å².